The van der Waals surface area contributed by atoms with E-state index in [-0.39, 0.29) is 0 Å². The maximum absolute atomic E-state index is 6.41. The van der Waals surface area contributed by atoms with Gasteiger partial charge in [-0.25, -0.2) is 0 Å². The second-order valence-corrected chi connectivity index (χ2v) is 8.60. The number of benzene rings is 5. The zero-order valence-corrected chi connectivity index (χ0v) is 18.1. The van der Waals surface area contributed by atoms with Crippen molar-refractivity contribution >= 4 is 43.9 Å². The van der Waals surface area contributed by atoms with Crippen LogP contribution in [-0.4, -0.2) is 0 Å². The van der Waals surface area contributed by atoms with Gasteiger partial charge in [-0.15, -0.1) is 0 Å². The summed E-state index contributed by atoms with van der Waals surface area (Å²) in [5, 5.41) is 4.60. The number of fused-ring (bicyclic) bond motifs is 6. The van der Waals surface area contributed by atoms with E-state index in [2.05, 4.69) is 97.9 Å². The van der Waals surface area contributed by atoms with Crippen molar-refractivity contribution < 1.29 is 8.83 Å². The zero-order valence-electron chi connectivity index (χ0n) is 18.1. The first kappa shape index (κ1) is 18.3. The Morgan fingerprint density at radius 2 is 1.00 bits per heavy atom. The van der Waals surface area contributed by atoms with Crippen molar-refractivity contribution in [3.63, 3.8) is 0 Å². The minimum atomic E-state index is 0.915. The van der Waals surface area contributed by atoms with Crippen LogP contribution in [0.2, 0.25) is 0 Å². The predicted octanol–water partition coefficient (Wildman–Crippen LogP) is 9.13. The summed E-state index contributed by atoms with van der Waals surface area (Å²) >= 11 is 0. The number of hydrogen-bond acceptors (Lipinski definition) is 2. The van der Waals surface area contributed by atoms with Crippen LogP contribution in [0.25, 0.3) is 66.1 Å². The van der Waals surface area contributed by atoms with Crippen LogP contribution < -0.4 is 0 Å². The van der Waals surface area contributed by atoms with E-state index < -0.39 is 0 Å². The average molecular weight is 424 g/mol. The van der Waals surface area contributed by atoms with E-state index in [1.807, 2.05) is 12.1 Å². The Morgan fingerprint density at radius 3 is 1.76 bits per heavy atom. The molecule has 0 saturated heterocycles. The summed E-state index contributed by atoms with van der Waals surface area (Å²) in [5.74, 6) is 0. The second kappa shape index (κ2) is 6.85. The fourth-order valence-corrected chi connectivity index (χ4v) is 5.02. The molecule has 0 bridgehead atoms. The first-order chi connectivity index (χ1) is 16.3. The first-order valence-electron chi connectivity index (χ1n) is 11.2. The number of aryl methyl sites for hydroxylation is 1. The molecule has 0 aliphatic carbocycles. The van der Waals surface area contributed by atoms with Gasteiger partial charge in [-0.3, -0.25) is 0 Å². The Labute approximate surface area is 190 Å². The van der Waals surface area contributed by atoms with Crippen molar-refractivity contribution in [3.05, 3.63) is 109 Å². The summed E-state index contributed by atoms with van der Waals surface area (Å²) in [7, 11) is 0. The van der Waals surface area contributed by atoms with Gasteiger partial charge >= 0.3 is 0 Å². The Morgan fingerprint density at radius 1 is 0.455 bits per heavy atom. The number of rotatable bonds is 2. The number of hydrogen-bond donors (Lipinski definition) is 0. The molecule has 0 aliphatic heterocycles. The molecule has 7 rings (SSSR count). The molecule has 2 aromatic heterocycles. The van der Waals surface area contributed by atoms with E-state index >= 15 is 0 Å². The lowest BCUT2D eigenvalue weighted by molar-refractivity contribution is 0.667. The summed E-state index contributed by atoms with van der Waals surface area (Å²) in [6, 6.07) is 35.9. The van der Waals surface area contributed by atoms with Crippen LogP contribution in [0.5, 0.6) is 0 Å². The Balaban J connectivity index is 1.46. The molecule has 0 saturated carbocycles. The molecule has 0 unspecified atom stereocenters. The standard InChI is InChI=1S/C31H20O2/c1-19-8-4-14-26-27-16-7-13-23(31(27)33-29(19)26)21-10-5-9-20(18-21)22-12-6-15-25-24-11-2-3-17-28(24)32-30(22)25/h2-18H,1H3. The molecule has 5 aromatic carbocycles. The van der Waals surface area contributed by atoms with Gasteiger partial charge in [0.1, 0.15) is 22.3 Å². The molecule has 0 amide bonds. The molecule has 0 radical (unpaired) electrons. The van der Waals surface area contributed by atoms with Crippen LogP contribution >= 0.6 is 0 Å². The third-order valence-corrected chi connectivity index (χ3v) is 6.61. The van der Waals surface area contributed by atoms with Crippen molar-refractivity contribution in [1.82, 2.24) is 0 Å². The minimum Gasteiger partial charge on any atom is -0.455 e. The van der Waals surface area contributed by atoms with Gasteiger partial charge in [-0.1, -0.05) is 91.0 Å². The fourth-order valence-electron chi connectivity index (χ4n) is 5.02. The summed E-state index contributed by atoms with van der Waals surface area (Å²) in [6.45, 7) is 2.10. The summed E-state index contributed by atoms with van der Waals surface area (Å²) in [4.78, 5) is 0. The smallest absolute Gasteiger partial charge is 0.143 e. The largest absolute Gasteiger partial charge is 0.455 e. The number of furan rings is 2. The summed E-state index contributed by atoms with van der Waals surface area (Å²) < 4.78 is 12.7. The lowest BCUT2D eigenvalue weighted by Gasteiger charge is -2.07. The molecular weight excluding hydrogens is 404 g/mol. The van der Waals surface area contributed by atoms with Crippen molar-refractivity contribution in [1.29, 1.82) is 0 Å². The highest BCUT2D eigenvalue weighted by Gasteiger charge is 2.15. The third kappa shape index (κ3) is 2.68. The van der Waals surface area contributed by atoms with Crippen LogP contribution in [0.4, 0.5) is 0 Å². The van der Waals surface area contributed by atoms with Gasteiger partial charge in [-0.2, -0.15) is 0 Å². The maximum Gasteiger partial charge on any atom is 0.143 e. The quantitative estimate of drug-likeness (QED) is 0.276. The van der Waals surface area contributed by atoms with Gasteiger partial charge in [-0.05, 0) is 35.7 Å². The Bertz CT molecular complexity index is 1830. The van der Waals surface area contributed by atoms with E-state index in [0.717, 1.165) is 71.7 Å². The molecule has 33 heavy (non-hydrogen) atoms. The van der Waals surface area contributed by atoms with E-state index in [0.29, 0.717) is 0 Å². The highest BCUT2D eigenvalue weighted by Crippen LogP contribution is 2.40. The fraction of sp³-hybridized carbons (Fsp3) is 0.0323. The van der Waals surface area contributed by atoms with Crippen LogP contribution in [0.1, 0.15) is 5.56 Å². The summed E-state index contributed by atoms with van der Waals surface area (Å²) in [6.07, 6.45) is 0. The molecule has 2 heteroatoms. The maximum atomic E-state index is 6.41. The predicted molar refractivity (Wildman–Crippen MR) is 137 cm³/mol. The number of para-hydroxylation sites is 4. The van der Waals surface area contributed by atoms with Crippen molar-refractivity contribution in [2.24, 2.45) is 0 Å². The molecule has 0 fully saturated rings. The molecule has 2 heterocycles. The van der Waals surface area contributed by atoms with Gasteiger partial charge in [0.05, 0.1) is 0 Å². The van der Waals surface area contributed by atoms with Gasteiger partial charge in [0.15, 0.2) is 0 Å². The Hall–Kier alpha value is -4.30. The SMILES string of the molecule is Cc1cccc2c1oc1c(-c3cccc(-c4cccc5c4oc4ccccc45)c3)cccc12. The molecular formula is C31H20O2. The monoisotopic (exact) mass is 424 g/mol. The molecule has 0 spiro atoms. The van der Waals surface area contributed by atoms with E-state index in [4.69, 9.17) is 8.83 Å². The van der Waals surface area contributed by atoms with E-state index in [1.54, 1.807) is 0 Å². The second-order valence-electron chi connectivity index (χ2n) is 8.60. The molecule has 2 nitrogen and oxygen atoms in total. The van der Waals surface area contributed by atoms with Gasteiger partial charge < -0.3 is 8.83 Å². The highest BCUT2D eigenvalue weighted by molar-refractivity contribution is 6.11. The zero-order chi connectivity index (χ0) is 21.9. The van der Waals surface area contributed by atoms with Crippen molar-refractivity contribution in [2.75, 3.05) is 0 Å². The highest BCUT2D eigenvalue weighted by atomic mass is 16.3. The van der Waals surface area contributed by atoms with E-state index in [9.17, 15) is 0 Å². The lowest BCUT2D eigenvalue weighted by Crippen LogP contribution is -1.83. The normalized spacial score (nSPS) is 11.8. The molecule has 0 N–H and O–H groups in total. The van der Waals surface area contributed by atoms with Crippen LogP contribution in [0.3, 0.4) is 0 Å². The topological polar surface area (TPSA) is 26.3 Å². The lowest BCUT2D eigenvalue weighted by atomic mass is 9.96. The van der Waals surface area contributed by atoms with Gasteiger partial charge in [0.25, 0.3) is 0 Å². The van der Waals surface area contributed by atoms with Crippen molar-refractivity contribution in [3.8, 4) is 22.3 Å². The van der Waals surface area contributed by atoms with Gasteiger partial charge in [0.2, 0.25) is 0 Å². The van der Waals surface area contributed by atoms with Crippen LogP contribution in [0.15, 0.2) is 112 Å². The van der Waals surface area contributed by atoms with Crippen LogP contribution in [-0.2, 0) is 0 Å². The molecule has 156 valence electrons. The molecule has 7 aromatic rings. The van der Waals surface area contributed by atoms with Gasteiger partial charge in [0, 0.05) is 32.7 Å². The average Bonchev–Trinajstić information content (AvgIpc) is 3.43. The minimum absolute atomic E-state index is 0.915. The van der Waals surface area contributed by atoms with Crippen LogP contribution in [0, 0.1) is 6.92 Å². The Kier molecular flexibility index (Phi) is 3.80. The summed E-state index contributed by atoms with van der Waals surface area (Å²) in [5.41, 5.74) is 9.33. The van der Waals surface area contributed by atoms with Crippen molar-refractivity contribution in [2.45, 2.75) is 6.92 Å². The molecule has 0 atom stereocenters. The molecule has 0 aliphatic rings. The first-order valence-corrected chi connectivity index (χ1v) is 11.2. The third-order valence-electron chi connectivity index (χ3n) is 6.61. The van der Waals surface area contributed by atoms with E-state index in [1.165, 1.54) is 0 Å².